The number of nitrogens with one attached hydrogen (secondary N) is 1. The van der Waals surface area contributed by atoms with Crippen LogP contribution in [0, 0.1) is 0 Å². The molecule has 26 heavy (non-hydrogen) atoms. The fraction of sp³-hybridized carbons (Fsp3) is 0.316. The lowest BCUT2D eigenvalue weighted by Crippen LogP contribution is -2.15. The minimum atomic E-state index is -3.86. The van der Waals surface area contributed by atoms with E-state index in [0.717, 1.165) is 12.0 Å². The number of methoxy groups -OCH3 is 1. The third-order valence-electron chi connectivity index (χ3n) is 4.70. The van der Waals surface area contributed by atoms with E-state index in [1.54, 1.807) is 12.1 Å². The van der Waals surface area contributed by atoms with Gasteiger partial charge in [0.15, 0.2) is 11.4 Å². The molecule has 136 valence electrons. The van der Waals surface area contributed by atoms with Crippen LogP contribution in [0.2, 0.25) is 0 Å². The van der Waals surface area contributed by atoms with Gasteiger partial charge in [0.2, 0.25) is 0 Å². The molecule has 1 aliphatic rings. The van der Waals surface area contributed by atoms with Crippen molar-refractivity contribution in [3.8, 4) is 5.75 Å². The van der Waals surface area contributed by atoms with E-state index in [1.807, 2.05) is 31.2 Å². The van der Waals surface area contributed by atoms with Crippen LogP contribution in [0.1, 0.15) is 36.8 Å². The minimum absolute atomic E-state index is 0.0881. The van der Waals surface area contributed by atoms with E-state index >= 15 is 0 Å². The number of fused-ring (bicyclic) bond motifs is 1. The second-order valence-corrected chi connectivity index (χ2v) is 8.16. The highest BCUT2D eigenvalue weighted by atomic mass is 32.2. The van der Waals surface area contributed by atoms with Crippen molar-refractivity contribution >= 4 is 26.8 Å². The monoisotopic (exact) mass is 372 g/mol. The molecule has 0 unspecified atom stereocenters. The second kappa shape index (κ2) is 6.32. The average Bonchev–Trinajstić information content (AvgIpc) is 3.43. The number of aromatic nitrogens is 1. The van der Waals surface area contributed by atoms with Gasteiger partial charge in [-0.3, -0.25) is 4.72 Å². The largest absolute Gasteiger partial charge is 0.495 e. The van der Waals surface area contributed by atoms with E-state index < -0.39 is 10.0 Å². The Balaban J connectivity index is 1.71. The summed E-state index contributed by atoms with van der Waals surface area (Å²) in [7, 11) is -2.41. The highest BCUT2D eigenvalue weighted by Gasteiger charge is 2.26. The fourth-order valence-electron chi connectivity index (χ4n) is 3.03. The summed E-state index contributed by atoms with van der Waals surface area (Å²) in [5, 5.41) is 4.56. The Labute approximate surface area is 152 Å². The van der Waals surface area contributed by atoms with Crippen molar-refractivity contribution in [1.82, 2.24) is 5.16 Å². The summed E-state index contributed by atoms with van der Waals surface area (Å²) in [6.45, 7) is 1.97. The SMILES string of the molecule is CCc1ccc(OC)c(S(=O)(=O)Nc2noc3cc(C4CC4)ccc23)c1. The molecule has 6 nitrogen and oxygen atoms in total. The minimum Gasteiger partial charge on any atom is -0.495 e. The molecule has 0 amide bonds. The Morgan fingerprint density at radius 2 is 2.04 bits per heavy atom. The maximum Gasteiger partial charge on any atom is 0.266 e. The van der Waals surface area contributed by atoms with Crippen molar-refractivity contribution in [1.29, 1.82) is 0 Å². The van der Waals surface area contributed by atoms with E-state index in [1.165, 1.54) is 25.5 Å². The molecule has 1 fully saturated rings. The molecule has 0 aliphatic heterocycles. The summed E-state index contributed by atoms with van der Waals surface area (Å²) < 4.78 is 38.9. The molecule has 0 spiro atoms. The predicted molar refractivity (Wildman–Crippen MR) is 99.2 cm³/mol. The van der Waals surface area contributed by atoms with Gasteiger partial charge < -0.3 is 9.26 Å². The number of hydrogen-bond acceptors (Lipinski definition) is 5. The van der Waals surface area contributed by atoms with E-state index in [2.05, 4.69) is 9.88 Å². The summed E-state index contributed by atoms with van der Waals surface area (Å²) in [6.07, 6.45) is 3.10. The highest BCUT2D eigenvalue weighted by Crippen LogP contribution is 2.41. The van der Waals surface area contributed by atoms with Crippen molar-refractivity contribution in [2.75, 3.05) is 11.8 Å². The van der Waals surface area contributed by atoms with Gasteiger partial charge >= 0.3 is 0 Å². The lowest BCUT2D eigenvalue weighted by molar-refractivity contribution is 0.402. The lowest BCUT2D eigenvalue weighted by atomic mass is 10.1. The number of ether oxygens (including phenoxy) is 1. The van der Waals surface area contributed by atoms with Crippen LogP contribution in [0.25, 0.3) is 11.0 Å². The molecule has 1 N–H and O–H groups in total. The summed E-state index contributed by atoms with van der Waals surface area (Å²) in [4.78, 5) is 0.0881. The summed E-state index contributed by atoms with van der Waals surface area (Å²) in [6, 6.07) is 10.9. The van der Waals surface area contributed by atoms with Crippen molar-refractivity contribution < 1.29 is 17.7 Å². The number of sulfonamides is 1. The third-order valence-corrected chi connectivity index (χ3v) is 6.06. The summed E-state index contributed by atoms with van der Waals surface area (Å²) in [5.74, 6) is 1.07. The molecule has 7 heteroatoms. The van der Waals surface area contributed by atoms with Crippen LogP contribution in [0.4, 0.5) is 5.82 Å². The first-order valence-corrected chi connectivity index (χ1v) is 10.1. The molecule has 1 aromatic heterocycles. The summed E-state index contributed by atoms with van der Waals surface area (Å²) in [5.41, 5.74) is 2.70. The number of hydrogen-bond donors (Lipinski definition) is 1. The predicted octanol–water partition coefficient (Wildman–Crippen LogP) is 4.08. The molecule has 1 heterocycles. The first-order chi connectivity index (χ1) is 12.5. The first-order valence-electron chi connectivity index (χ1n) is 8.61. The second-order valence-electron chi connectivity index (χ2n) is 6.51. The van der Waals surface area contributed by atoms with E-state index in [9.17, 15) is 8.42 Å². The topological polar surface area (TPSA) is 81.4 Å². The Morgan fingerprint density at radius 3 is 2.73 bits per heavy atom. The molecule has 1 aliphatic carbocycles. The normalized spacial score (nSPS) is 14.5. The van der Waals surface area contributed by atoms with Gasteiger partial charge in [0, 0.05) is 0 Å². The maximum atomic E-state index is 12.9. The highest BCUT2D eigenvalue weighted by molar-refractivity contribution is 7.92. The van der Waals surface area contributed by atoms with Gasteiger partial charge in [0.05, 0.1) is 12.5 Å². The molecule has 4 rings (SSSR count). The molecule has 2 aromatic carbocycles. The van der Waals surface area contributed by atoms with Crippen LogP contribution in [0.5, 0.6) is 5.75 Å². The zero-order valence-corrected chi connectivity index (χ0v) is 15.5. The van der Waals surface area contributed by atoms with Gasteiger partial charge in [0.1, 0.15) is 10.6 Å². The number of rotatable bonds is 6. The zero-order valence-electron chi connectivity index (χ0n) is 14.7. The molecule has 1 saturated carbocycles. The van der Waals surface area contributed by atoms with Crippen molar-refractivity contribution in [3.05, 3.63) is 47.5 Å². The Morgan fingerprint density at radius 1 is 1.23 bits per heavy atom. The quantitative estimate of drug-likeness (QED) is 0.705. The van der Waals surface area contributed by atoms with Crippen molar-refractivity contribution in [3.63, 3.8) is 0 Å². The number of anilines is 1. The van der Waals surface area contributed by atoms with Gasteiger partial charge in [-0.25, -0.2) is 8.42 Å². The van der Waals surface area contributed by atoms with Crippen LogP contribution in [0.15, 0.2) is 45.8 Å². The van der Waals surface area contributed by atoms with Crippen LogP contribution in [-0.4, -0.2) is 20.7 Å². The molecule has 3 aromatic rings. The molecule has 0 atom stereocenters. The molecule has 0 radical (unpaired) electrons. The van der Waals surface area contributed by atoms with Crippen molar-refractivity contribution in [2.24, 2.45) is 0 Å². The van der Waals surface area contributed by atoms with Crippen molar-refractivity contribution in [2.45, 2.75) is 37.0 Å². The van der Waals surface area contributed by atoms with Crippen LogP contribution in [0.3, 0.4) is 0 Å². The first kappa shape index (κ1) is 16.9. The third kappa shape index (κ3) is 3.03. The Hall–Kier alpha value is -2.54. The smallest absolute Gasteiger partial charge is 0.266 e. The van der Waals surface area contributed by atoms with Gasteiger partial charge in [0.25, 0.3) is 10.0 Å². The van der Waals surface area contributed by atoms with Gasteiger partial charge in [-0.1, -0.05) is 24.2 Å². The molecular formula is C19H20N2O4S. The van der Waals surface area contributed by atoms with E-state index in [-0.39, 0.29) is 10.7 Å². The lowest BCUT2D eigenvalue weighted by Gasteiger charge is -2.11. The van der Waals surface area contributed by atoms with Crippen LogP contribution < -0.4 is 9.46 Å². The Kier molecular flexibility index (Phi) is 4.11. The summed E-state index contributed by atoms with van der Waals surface area (Å²) >= 11 is 0. The van der Waals surface area contributed by atoms with E-state index in [4.69, 9.17) is 9.26 Å². The number of aryl methyl sites for hydroxylation is 1. The van der Waals surface area contributed by atoms with Gasteiger partial charge in [-0.15, -0.1) is 0 Å². The van der Waals surface area contributed by atoms with Gasteiger partial charge in [-0.2, -0.15) is 0 Å². The van der Waals surface area contributed by atoms with Crippen LogP contribution in [-0.2, 0) is 16.4 Å². The van der Waals surface area contributed by atoms with Gasteiger partial charge in [-0.05, 0) is 60.6 Å². The Bertz CT molecular complexity index is 1070. The number of nitrogens with zero attached hydrogens (tertiary/aromatic N) is 1. The van der Waals surface area contributed by atoms with Crippen LogP contribution >= 0.6 is 0 Å². The van der Waals surface area contributed by atoms with E-state index in [0.29, 0.717) is 22.6 Å². The molecule has 0 saturated heterocycles. The molecule has 0 bridgehead atoms. The number of benzene rings is 2. The maximum absolute atomic E-state index is 12.9. The zero-order chi connectivity index (χ0) is 18.3. The molecular weight excluding hydrogens is 352 g/mol. The standard InChI is InChI=1S/C19H20N2O4S/c1-3-12-4-9-16(24-2)18(10-12)26(22,23)21-19-15-8-7-14(13-5-6-13)11-17(15)25-20-19/h4,7-11,13H,3,5-6H2,1-2H3,(H,20,21). The average molecular weight is 372 g/mol. The fourth-order valence-corrected chi connectivity index (χ4v) is 4.27.